The molecule has 0 aromatic heterocycles. The number of carbonyl (C=O) groups is 3. The molecule has 0 heterocycles. The Morgan fingerprint density at radius 1 is 0.826 bits per heavy atom. The van der Waals surface area contributed by atoms with Crippen LogP contribution >= 0.6 is 0 Å². The summed E-state index contributed by atoms with van der Waals surface area (Å²) in [5, 5.41) is 30.7. The molecule has 0 unspecified atom stereocenters. The van der Waals surface area contributed by atoms with Crippen LogP contribution in [0.25, 0.3) is 0 Å². The summed E-state index contributed by atoms with van der Waals surface area (Å²) >= 11 is 0. The highest BCUT2D eigenvalue weighted by Crippen LogP contribution is 2.20. The van der Waals surface area contributed by atoms with E-state index in [1.54, 1.807) is 0 Å². The van der Waals surface area contributed by atoms with Crippen molar-refractivity contribution in [3.63, 3.8) is 0 Å². The van der Waals surface area contributed by atoms with Crippen molar-refractivity contribution < 1.29 is 48.0 Å². The number of halogens is 3. The summed E-state index contributed by atoms with van der Waals surface area (Å²) in [5.74, 6) is -2.94. The largest absolute Gasteiger partial charge is 0.478 e. The SMILES string of the molecule is C=CC(=O)O.C=CC(=O)O.C=CC(=O)O.OCCCC(F)(F)F. The monoisotopic (exact) mass is 344 g/mol. The highest BCUT2D eigenvalue weighted by molar-refractivity contribution is 5.79. The first kappa shape index (κ1) is 28.5. The number of aliphatic hydroxyl groups is 1. The Kier molecular flexibility index (Phi) is 24.0. The van der Waals surface area contributed by atoms with Crippen LogP contribution in [0.5, 0.6) is 0 Å². The normalized spacial score (nSPS) is 8.35. The van der Waals surface area contributed by atoms with Gasteiger partial charge in [-0.1, -0.05) is 19.7 Å². The predicted molar refractivity (Wildman–Crippen MR) is 75.9 cm³/mol. The first-order chi connectivity index (χ1) is 10.4. The Bertz CT molecular complexity index is 333. The van der Waals surface area contributed by atoms with Crippen molar-refractivity contribution in [2.45, 2.75) is 19.0 Å². The second-order valence-corrected chi connectivity index (χ2v) is 3.07. The summed E-state index contributed by atoms with van der Waals surface area (Å²) in [6.45, 7) is 8.49. The quantitative estimate of drug-likeness (QED) is 0.561. The third-order valence-electron chi connectivity index (χ3n) is 1.14. The molecule has 10 heteroatoms. The molecule has 0 aromatic carbocycles. The van der Waals surface area contributed by atoms with E-state index in [0.717, 1.165) is 18.2 Å². The van der Waals surface area contributed by atoms with Gasteiger partial charge in [0.25, 0.3) is 0 Å². The summed E-state index contributed by atoms with van der Waals surface area (Å²) < 4.78 is 33.4. The molecule has 0 bridgehead atoms. The summed E-state index contributed by atoms with van der Waals surface area (Å²) in [6.07, 6.45) is -2.68. The van der Waals surface area contributed by atoms with Gasteiger partial charge in [-0.05, 0) is 6.42 Å². The number of aliphatic hydroxyl groups excluding tert-OH is 1. The average Bonchev–Trinajstić information content (AvgIpc) is 2.46. The van der Waals surface area contributed by atoms with Crippen molar-refractivity contribution in [1.82, 2.24) is 0 Å². The van der Waals surface area contributed by atoms with Crippen LogP contribution in [0.4, 0.5) is 13.2 Å². The third-order valence-corrected chi connectivity index (χ3v) is 1.14. The Balaban J connectivity index is -0.000000108. The van der Waals surface area contributed by atoms with Gasteiger partial charge in [0.15, 0.2) is 0 Å². The first-order valence-electron chi connectivity index (χ1n) is 5.61. The topological polar surface area (TPSA) is 132 Å². The number of aliphatic carboxylic acids is 3. The fourth-order valence-corrected chi connectivity index (χ4v) is 0.280. The minimum Gasteiger partial charge on any atom is -0.478 e. The van der Waals surface area contributed by atoms with Crippen molar-refractivity contribution in [2.75, 3.05) is 6.61 Å². The molecule has 0 fully saturated rings. The molecule has 0 saturated carbocycles. The standard InChI is InChI=1S/C4H7F3O.3C3H4O2/c5-4(6,7)2-1-3-8;3*1-2-3(4)5/h8H,1-3H2;3*2H,1H2,(H,4,5). The maximum absolute atomic E-state index is 11.1. The minimum atomic E-state index is -4.11. The van der Waals surface area contributed by atoms with E-state index >= 15 is 0 Å². The van der Waals surface area contributed by atoms with E-state index in [-0.39, 0.29) is 13.0 Å². The molecule has 0 aliphatic carbocycles. The van der Waals surface area contributed by atoms with Gasteiger partial charge in [-0.3, -0.25) is 0 Å². The molecule has 0 rings (SSSR count). The van der Waals surface area contributed by atoms with Crippen molar-refractivity contribution >= 4 is 17.9 Å². The molecular formula is C13H19F3O7. The van der Waals surface area contributed by atoms with Crippen LogP contribution in [0.2, 0.25) is 0 Å². The molecule has 23 heavy (non-hydrogen) atoms. The van der Waals surface area contributed by atoms with Crippen molar-refractivity contribution in [3.05, 3.63) is 38.0 Å². The number of carboxylic acid groups (broad SMARTS) is 3. The summed E-state index contributed by atoms with van der Waals surface area (Å²) in [6, 6.07) is 0. The number of hydrogen-bond donors (Lipinski definition) is 4. The van der Waals surface area contributed by atoms with Gasteiger partial charge in [-0.2, -0.15) is 13.2 Å². The molecule has 0 amide bonds. The molecular weight excluding hydrogens is 325 g/mol. The van der Waals surface area contributed by atoms with Gasteiger partial charge in [0, 0.05) is 31.3 Å². The van der Waals surface area contributed by atoms with E-state index in [2.05, 4.69) is 19.7 Å². The smallest absolute Gasteiger partial charge is 0.389 e. The molecule has 0 spiro atoms. The van der Waals surface area contributed by atoms with Crippen LogP contribution in [0.1, 0.15) is 12.8 Å². The average molecular weight is 344 g/mol. The van der Waals surface area contributed by atoms with Crippen molar-refractivity contribution in [2.24, 2.45) is 0 Å². The van der Waals surface area contributed by atoms with Crippen LogP contribution < -0.4 is 0 Å². The van der Waals surface area contributed by atoms with Crippen molar-refractivity contribution in [1.29, 1.82) is 0 Å². The van der Waals surface area contributed by atoms with Crippen LogP contribution in [0.3, 0.4) is 0 Å². The van der Waals surface area contributed by atoms with Crippen LogP contribution in [0, 0.1) is 0 Å². The maximum atomic E-state index is 11.1. The Hall–Kier alpha value is -2.62. The molecule has 0 aromatic rings. The van der Waals surface area contributed by atoms with E-state index in [0.29, 0.717) is 0 Å². The molecule has 0 aliphatic rings. The summed E-state index contributed by atoms with van der Waals surface area (Å²) in [4.78, 5) is 27.8. The number of rotatable bonds is 5. The van der Waals surface area contributed by atoms with Crippen molar-refractivity contribution in [3.8, 4) is 0 Å². The molecule has 0 atom stereocenters. The Morgan fingerprint density at radius 3 is 1.09 bits per heavy atom. The summed E-state index contributed by atoms with van der Waals surface area (Å²) in [5.41, 5.74) is 0. The van der Waals surface area contributed by atoms with E-state index in [1.165, 1.54) is 0 Å². The van der Waals surface area contributed by atoms with Gasteiger partial charge >= 0.3 is 24.1 Å². The van der Waals surface area contributed by atoms with Crippen LogP contribution in [-0.2, 0) is 14.4 Å². The van der Waals surface area contributed by atoms with Crippen LogP contribution in [0.15, 0.2) is 38.0 Å². The highest BCUT2D eigenvalue weighted by Gasteiger charge is 2.25. The van der Waals surface area contributed by atoms with E-state index < -0.39 is 30.5 Å². The van der Waals surface area contributed by atoms with Gasteiger partial charge in [0.05, 0.1) is 0 Å². The number of hydrogen-bond acceptors (Lipinski definition) is 4. The van der Waals surface area contributed by atoms with Gasteiger partial charge in [-0.15, -0.1) is 0 Å². The second-order valence-electron chi connectivity index (χ2n) is 3.07. The van der Waals surface area contributed by atoms with Crippen LogP contribution in [-0.4, -0.2) is 51.1 Å². The summed E-state index contributed by atoms with van der Waals surface area (Å²) in [7, 11) is 0. The first-order valence-corrected chi connectivity index (χ1v) is 5.61. The lowest BCUT2D eigenvalue weighted by molar-refractivity contribution is -0.137. The van der Waals surface area contributed by atoms with Gasteiger partial charge in [0.2, 0.25) is 0 Å². The molecule has 134 valence electrons. The number of alkyl halides is 3. The molecule has 0 saturated heterocycles. The van der Waals surface area contributed by atoms with Gasteiger partial charge < -0.3 is 20.4 Å². The molecule has 4 N–H and O–H groups in total. The zero-order chi connectivity index (χ0) is 19.5. The third kappa shape index (κ3) is 83.4. The molecule has 0 radical (unpaired) electrons. The predicted octanol–water partition coefficient (Wildman–Crippen LogP) is 2.09. The zero-order valence-electron chi connectivity index (χ0n) is 12.1. The highest BCUT2D eigenvalue weighted by atomic mass is 19.4. The Labute approximate surface area is 130 Å². The minimum absolute atomic E-state index is 0.191. The van der Waals surface area contributed by atoms with Gasteiger partial charge in [-0.25, -0.2) is 14.4 Å². The van der Waals surface area contributed by atoms with Gasteiger partial charge in [0.1, 0.15) is 0 Å². The second kappa shape index (κ2) is 19.4. The lowest BCUT2D eigenvalue weighted by atomic mass is 10.3. The van der Waals surface area contributed by atoms with E-state index in [9.17, 15) is 27.6 Å². The van der Waals surface area contributed by atoms with E-state index in [1.807, 2.05) is 0 Å². The Morgan fingerprint density at radius 2 is 1.04 bits per heavy atom. The number of carboxylic acids is 3. The molecule has 0 aliphatic heterocycles. The fraction of sp³-hybridized carbons (Fsp3) is 0.308. The maximum Gasteiger partial charge on any atom is 0.389 e. The lowest BCUT2D eigenvalue weighted by Gasteiger charge is -2.01. The fourth-order valence-electron chi connectivity index (χ4n) is 0.280. The lowest BCUT2D eigenvalue weighted by Crippen LogP contribution is -2.07. The zero-order valence-corrected chi connectivity index (χ0v) is 12.1. The van der Waals surface area contributed by atoms with E-state index in [4.69, 9.17) is 20.4 Å². The molecule has 7 nitrogen and oxygen atoms in total.